The summed E-state index contributed by atoms with van der Waals surface area (Å²) in [6.45, 7) is 6.84. The number of halogens is 1. The fourth-order valence-electron chi connectivity index (χ4n) is 3.97. The molecule has 0 spiro atoms. The van der Waals surface area contributed by atoms with Crippen LogP contribution in [-0.4, -0.2) is 50.9 Å². The summed E-state index contributed by atoms with van der Waals surface area (Å²) in [5.41, 5.74) is 2.07. The Balaban J connectivity index is 2.04. The van der Waals surface area contributed by atoms with Crippen LogP contribution in [0.2, 0.25) is 5.02 Å². The molecule has 39 heavy (non-hydrogen) atoms. The normalized spacial score (nSPS) is 12.1. The smallest absolute Gasteiger partial charge is 0.264 e. The van der Waals surface area contributed by atoms with Crippen LogP contribution in [0.1, 0.15) is 31.9 Å². The third kappa shape index (κ3) is 7.52. The number of amides is 2. The van der Waals surface area contributed by atoms with Crippen LogP contribution in [0, 0.1) is 6.92 Å². The number of rotatable bonds is 11. The van der Waals surface area contributed by atoms with Crippen LogP contribution in [0.4, 0.5) is 5.69 Å². The van der Waals surface area contributed by atoms with Crippen molar-refractivity contribution in [2.24, 2.45) is 0 Å². The molecule has 1 atom stereocenters. The third-order valence-corrected chi connectivity index (χ3v) is 8.28. The van der Waals surface area contributed by atoms with E-state index in [0.717, 1.165) is 15.4 Å². The first kappa shape index (κ1) is 30.0. The molecule has 8 nitrogen and oxygen atoms in total. The van der Waals surface area contributed by atoms with Gasteiger partial charge in [-0.15, -0.1) is 0 Å². The Kier molecular flexibility index (Phi) is 9.99. The number of nitrogens with one attached hydrogen (secondary N) is 1. The minimum Gasteiger partial charge on any atom is -0.497 e. The lowest BCUT2D eigenvalue weighted by Crippen LogP contribution is -2.52. The quantitative estimate of drug-likeness (QED) is 0.357. The standard InChI is InChI=1S/C29H34ClN3O5S/c1-20(2)31-29(35)22(4)32(18-23-9-7-6-8-21(23)3)28(34)19-33(25-12-10-24(30)11-13-25)39(36,37)27-16-14-26(38-5)15-17-27/h6-17,20,22H,18-19H2,1-5H3,(H,31,35)/t22-/m0/s1. The van der Waals surface area contributed by atoms with Gasteiger partial charge in [-0.25, -0.2) is 8.42 Å². The first-order chi connectivity index (χ1) is 18.4. The number of carbonyl (C=O) groups excluding carboxylic acids is 2. The molecule has 10 heteroatoms. The molecule has 0 heterocycles. The van der Waals surface area contributed by atoms with Crippen LogP contribution in [0.25, 0.3) is 0 Å². The fraction of sp³-hybridized carbons (Fsp3) is 0.310. The summed E-state index contributed by atoms with van der Waals surface area (Å²) in [5.74, 6) is -0.364. The van der Waals surface area contributed by atoms with Gasteiger partial charge in [0.05, 0.1) is 17.7 Å². The second-order valence-corrected chi connectivity index (χ2v) is 11.7. The molecular weight excluding hydrogens is 538 g/mol. The molecule has 0 saturated heterocycles. The minimum atomic E-state index is -4.18. The van der Waals surface area contributed by atoms with Gasteiger partial charge in [-0.1, -0.05) is 35.9 Å². The lowest BCUT2D eigenvalue weighted by molar-refractivity contribution is -0.139. The Morgan fingerprint density at radius 1 is 0.949 bits per heavy atom. The number of benzene rings is 3. The van der Waals surface area contributed by atoms with E-state index in [0.29, 0.717) is 10.8 Å². The largest absolute Gasteiger partial charge is 0.497 e. The third-order valence-electron chi connectivity index (χ3n) is 6.24. The number of hydrogen-bond donors (Lipinski definition) is 1. The van der Waals surface area contributed by atoms with Crippen molar-refractivity contribution in [3.8, 4) is 5.75 Å². The molecule has 0 aliphatic heterocycles. The fourth-order valence-corrected chi connectivity index (χ4v) is 5.51. The van der Waals surface area contributed by atoms with E-state index >= 15 is 0 Å². The molecule has 0 aliphatic carbocycles. The molecule has 3 aromatic carbocycles. The zero-order chi connectivity index (χ0) is 28.7. The van der Waals surface area contributed by atoms with E-state index in [4.69, 9.17) is 16.3 Å². The van der Waals surface area contributed by atoms with Crippen LogP contribution in [0.5, 0.6) is 5.75 Å². The molecule has 3 rings (SSSR count). The highest BCUT2D eigenvalue weighted by molar-refractivity contribution is 7.92. The van der Waals surface area contributed by atoms with E-state index in [9.17, 15) is 18.0 Å². The predicted molar refractivity (Wildman–Crippen MR) is 153 cm³/mol. The molecular formula is C29H34ClN3O5S. The zero-order valence-electron chi connectivity index (χ0n) is 22.7. The van der Waals surface area contributed by atoms with Crippen molar-refractivity contribution in [2.75, 3.05) is 18.0 Å². The number of sulfonamides is 1. The molecule has 3 aromatic rings. The number of aryl methyl sites for hydroxylation is 1. The second kappa shape index (κ2) is 13.0. The van der Waals surface area contributed by atoms with Crippen molar-refractivity contribution in [2.45, 2.75) is 51.2 Å². The summed E-state index contributed by atoms with van der Waals surface area (Å²) in [4.78, 5) is 28.3. The van der Waals surface area contributed by atoms with E-state index in [2.05, 4.69) is 5.32 Å². The van der Waals surface area contributed by atoms with Crippen molar-refractivity contribution >= 4 is 39.1 Å². The summed E-state index contributed by atoms with van der Waals surface area (Å²) < 4.78 is 33.9. The Bertz CT molecular complexity index is 1390. The van der Waals surface area contributed by atoms with Gasteiger partial charge in [-0.05, 0) is 87.4 Å². The second-order valence-electron chi connectivity index (χ2n) is 9.45. The average molecular weight is 572 g/mol. The monoisotopic (exact) mass is 571 g/mol. The van der Waals surface area contributed by atoms with Gasteiger partial charge in [0.15, 0.2) is 0 Å². The minimum absolute atomic E-state index is 0.0119. The average Bonchev–Trinajstić information content (AvgIpc) is 2.91. The van der Waals surface area contributed by atoms with Crippen molar-refractivity contribution in [1.29, 1.82) is 0 Å². The molecule has 0 aromatic heterocycles. The van der Waals surface area contributed by atoms with E-state index in [1.807, 2.05) is 45.0 Å². The van der Waals surface area contributed by atoms with E-state index < -0.39 is 28.5 Å². The van der Waals surface area contributed by atoms with Crippen LogP contribution >= 0.6 is 11.6 Å². The Morgan fingerprint density at radius 3 is 2.13 bits per heavy atom. The number of hydrogen-bond acceptors (Lipinski definition) is 5. The van der Waals surface area contributed by atoms with Crippen molar-refractivity contribution in [3.63, 3.8) is 0 Å². The Hall–Kier alpha value is -3.56. The van der Waals surface area contributed by atoms with Gasteiger partial charge in [0.2, 0.25) is 11.8 Å². The van der Waals surface area contributed by atoms with Crippen LogP contribution in [-0.2, 0) is 26.2 Å². The molecule has 0 radical (unpaired) electrons. The zero-order valence-corrected chi connectivity index (χ0v) is 24.3. The molecule has 0 bridgehead atoms. The van der Waals surface area contributed by atoms with Gasteiger partial charge >= 0.3 is 0 Å². The van der Waals surface area contributed by atoms with E-state index in [-0.39, 0.29) is 29.1 Å². The van der Waals surface area contributed by atoms with Gasteiger partial charge in [0, 0.05) is 17.6 Å². The van der Waals surface area contributed by atoms with Gasteiger partial charge in [-0.3, -0.25) is 13.9 Å². The Morgan fingerprint density at radius 2 is 1.56 bits per heavy atom. The Labute approximate surface area is 235 Å². The summed E-state index contributed by atoms with van der Waals surface area (Å²) in [5, 5.41) is 3.27. The molecule has 2 amide bonds. The maximum atomic E-state index is 13.9. The lowest BCUT2D eigenvalue weighted by Gasteiger charge is -2.32. The molecule has 0 fully saturated rings. The summed E-state index contributed by atoms with van der Waals surface area (Å²) >= 11 is 6.06. The SMILES string of the molecule is COc1ccc(S(=O)(=O)N(CC(=O)N(Cc2ccccc2C)[C@@H](C)C(=O)NC(C)C)c2ccc(Cl)cc2)cc1. The van der Waals surface area contributed by atoms with Gasteiger partial charge in [0.25, 0.3) is 10.0 Å². The van der Waals surface area contributed by atoms with Gasteiger partial charge in [0.1, 0.15) is 18.3 Å². The van der Waals surface area contributed by atoms with Crippen LogP contribution in [0.3, 0.4) is 0 Å². The summed E-state index contributed by atoms with van der Waals surface area (Å²) in [6, 6.07) is 18.7. The van der Waals surface area contributed by atoms with E-state index in [1.165, 1.54) is 48.4 Å². The first-order valence-corrected chi connectivity index (χ1v) is 14.3. The molecule has 1 N–H and O–H groups in total. The van der Waals surface area contributed by atoms with Crippen molar-refractivity contribution in [3.05, 3.63) is 88.9 Å². The molecule has 0 aliphatic rings. The highest BCUT2D eigenvalue weighted by Crippen LogP contribution is 2.27. The molecule has 208 valence electrons. The van der Waals surface area contributed by atoms with E-state index in [1.54, 1.807) is 19.1 Å². The molecule has 0 saturated carbocycles. The van der Waals surface area contributed by atoms with Crippen LogP contribution in [0.15, 0.2) is 77.7 Å². The predicted octanol–water partition coefficient (Wildman–Crippen LogP) is 4.79. The number of methoxy groups -OCH3 is 1. The molecule has 0 unspecified atom stereocenters. The van der Waals surface area contributed by atoms with Gasteiger partial charge in [-0.2, -0.15) is 0 Å². The summed E-state index contributed by atoms with van der Waals surface area (Å²) in [6.07, 6.45) is 0. The first-order valence-electron chi connectivity index (χ1n) is 12.5. The van der Waals surface area contributed by atoms with Gasteiger partial charge < -0.3 is 15.0 Å². The number of anilines is 1. The van der Waals surface area contributed by atoms with Crippen LogP contribution < -0.4 is 14.4 Å². The maximum absolute atomic E-state index is 13.9. The van der Waals surface area contributed by atoms with Crippen molar-refractivity contribution in [1.82, 2.24) is 10.2 Å². The number of ether oxygens (including phenoxy) is 1. The topological polar surface area (TPSA) is 96.0 Å². The highest BCUT2D eigenvalue weighted by atomic mass is 35.5. The van der Waals surface area contributed by atoms with Crippen molar-refractivity contribution < 1.29 is 22.7 Å². The number of nitrogens with zero attached hydrogens (tertiary/aromatic N) is 2. The number of carbonyl (C=O) groups is 2. The highest BCUT2D eigenvalue weighted by Gasteiger charge is 2.33. The summed E-state index contributed by atoms with van der Waals surface area (Å²) in [7, 11) is -2.69. The maximum Gasteiger partial charge on any atom is 0.264 e. The lowest BCUT2D eigenvalue weighted by atomic mass is 10.1.